The standard InChI is InChI=1S/C12H10ClNS.ClH/c13-10-4-6-12(7-5-10)15-9-11-3-1-2-8-14-11;/h1-8H,9H2;1H. The molecule has 84 valence electrons. The van der Waals surface area contributed by atoms with Crippen LogP contribution in [-0.2, 0) is 5.75 Å². The van der Waals surface area contributed by atoms with Crippen LogP contribution in [-0.4, -0.2) is 4.98 Å². The predicted octanol–water partition coefficient (Wildman–Crippen LogP) is 4.45. The van der Waals surface area contributed by atoms with E-state index in [9.17, 15) is 0 Å². The van der Waals surface area contributed by atoms with Gasteiger partial charge in [0.1, 0.15) is 0 Å². The summed E-state index contributed by atoms with van der Waals surface area (Å²) in [6.45, 7) is 0. The van der Waals surface area contributed by atoms with Gasteiger partial charge in [-0.3, -0.25) is 4.98 Å². The molecule has 0 bridgehead atoms. The van der Waals surface area contributed by atoms with Gasteiger partial charge in [0.15, 0.2) is 0 Å². The van der Waals surface area contributed by atoms with Gasteiger partial charge in [-0.05, 0) is 36.4 Å². The van der Waals surface area contributed by atoms with Crippen molar-refractivity contribution >= 4 is 35.8 Å². The molecule has 0 unspecified atom stereocenters. The van der Waals surface area contributed by atoms with Crippen molar-refractivity contribution in [2.45, 2.75) is 10.6 Å². The highest BCUT2D eigenvalue weighted by Gasteiger charge is 1.96. The Hall–Kier alpha value is -0.700. The molecule has 0 aliphatic heterocycles. The van der Waals surface area contributed by atoms with Crippen molar-refractivity contribution in [2.24, 2.45) is 0 Å². The van der Waals surface area contributed by atoms with Gasteiger partial charge >= 0.3 is 0 Å². The van der Waals surface area contributed by atoms with E-state index < -0.39 is 0 Å². The van der Waals surface area contributed by atoms with E-state index in [0.717, 1.165) is 16.5 Å². The van der Waals surface area contributed by atoms with Gasteiger partial charge in [0.2, 0.25) is 0 Å². The molecule has 0 N–H and O–H groups in total. The van der Waals surface area contributed by atoms with E-state index in [2.05, 4.69) is 4.98 Å². The first-order chi connectivity index (χ1) is 7.34. The fourth-order valence-electron chi connectivity index (χ4n) is 1.17. The van der Waals surface area contributed by atoms with Crippen molar-refractivity contribution in [2.75, 3.05) is 0 Å². The van der Waals surface area contributed by atoms with Gasteiger partial charge < -0.3 is 0 Å². The third-order valence-electron chi connectivity index (χ3n) is 1.93. The molecule has 0 spiro atoms. The number of rotatable bonds is 3. The van der Waals surface area contributed by atoms with Crippen molar-refractivity contribution < 1.29 is 0 Å². The van der Waals surface area contributed by atoms with Gasteiger partial charge in [0.05, 0.1) is 5.69 Å². The van der Waals surface area contributed by atoms with Crippen LogP contribution in [0.3, 0.4) is 0 Å². The minimum Gasteiger partial charge on any atom is -0.260 e. The molecule has 0 saturated heterocycles. The minimum atomic E-state index is 0. The lowest BCUT2D eigenvalue weighted by molar-refractivity contribution is 1.17. The summed E-state index contributed by atoms with van der Waals surface area (Å²) in [5, 5.41) is 0.775. The quantitative estimate of drug-likeness (QED) is 0.766. The summed E-state index contributed by atoms with van der Waals surface area (Å²) < 4.78 is 0. The van der Waals surface area contributed by atoms with Crippen LogP contribution in [0.1, 0.15) is 5.69 Å². The number of nitrogens with zero attached hydrogens (tertiary/aromatic N) is 1. The van der Waals surface area contributed by atoms with E-state index in [-0.39, 0.29) is 12.4 Å². The molecule has 0 radical (unpaired) electrons. The van der Waals surface area contributed by atoms with Gasteiger partial charge in [0, 0.05) is 21.9 Å². The van der Waals surface area contributed by atoms with Crippen molar-refractivity contribution in [3.05, 3.63) is 59.4 Å². The van der Waals surface area contributed by atoms with Gasteiger partial charge in [-0.1, -0.05) is 17.7 Å². The van der Waals surface area contributed by atoms with Crippen LogP contribution in [0.2, 0.25) is 5.02 Å². The monoisotopic (exact) mass is 271 g/mol. The zero-order chi connectivity index (χ0) is 10.5. The minimum absolute atomic E-state index is 0. The molecule has 0 aliphatic carbocycles. The van der Waals surface area contributed by atoms with Crippen LogP contribution >= 0.6 is 35.8 Å². The Morgan fingerprint density at radius 1 is 1.06 bits per heavy atom. The van der Waals surface area contributed by atoms with E-state index in [0.29, 0.717) is 0 Å². The lowest BCUT2D eigenvalue weighted by Gasteiger charge is -2.00. The molecule has 2 aromatic rings. The van der Waals surface area contributed by atoms with Gasteiger partial charge in [-0.25, -0.2) is 0 Å². The normalized spacial score (nSPS) is 9.56. The number of pyridine rings is 1. The number of hydrogen-bond donors (Lipinski definition) is 0. The molecule has 1 aromatic heterocycles. The largest absolute Gasteiger partial charge is 0.260 e. The second kappa shape index (κ2) is 6.79. The molecule has 2 rings (SSSR count). The number of aromatic nitrogens is 1. The van der Waals surface area contributed by atoms with Crippen LogP contribution in [0, 0.1) is 0 Å². The third-order valence-corrected chi connectivity index (χ3v) is 3.22. The molecule has 0 aliphatic rings. The first-order valence-electron chi connectivity index (χ1n) is 4.63. The number of thioether (sulfide) groups is 1. The van der Waals surface area contributed by atoms with E-state index in [1.807, 2.05) is 48.7 Å². The Balaban J connectivity index is 0.00000128. The van der Waals surface area contributed by atoms with E-state index >= 15 is 0 Å². The van der Waals surface area contributed by atoms with E-state index in [1.54, 1.807) is 11.8 Å². The Morgan fingerprint density at radius 2 is 1.81 bits per heavy atom. The molecule has 1 nitrogen and oxygen atoms in total. The van der Waals surface area contributed by atoms with E-state index in [4.69, 9.17) is 11.6 Å². The van der Waals surface area contributed by atoms with Crippen molar-refractivity contribution in [1.29, 1.82) is 0 Å². The molecular formula is C12H11Cl2NS. The van der Waals surface area contributed by atoms with Crippen molar-refractivity contribution in [1.82, 2.24) is 4.98 Å². The maximum Gasteiger partial charge on any atom is 0.0506 e. The van der Waals surface area contributed by atoms with Crippen molar-refractivity contribution in [3.63, 3.8) is 0 Å². The lowest BCUT2D eigenvalue weighted by Crippen LogP contribution is -1.83. The van der Waals surface area contributed by atoms with Crippen LogP contribution in [0.25, 0.3) is 0 Å². The van der Waals surface area contributed by atoms with Crippen LogP contribution in [0.5, 0.6) is 0 Å². The molecule has 1 aromatic carbocycles. The summed E-state index contributed by atoms with van der Waals surface area (Å²) in [4.78, 5) is 5.48. The predicted molar refractivity (Wildman–Crippen MR) is 72.5 cm³/mol. The summed E-state index contributed by atoms with van der Waals surface area (Å²) in [5.74, 6) is 0.891. The highest BCUT2D eigenvalue weighted by Crippen LogP contribution is 2.23. The van der Waals surface area contributed by atoms with Gasteiger partial charge in [0.25, 0.3) is 0 Å². The molecule has 4 heteroatoms. The second-order valence-electron chi connectivity index (χ2n) is 3.06. The SMILES string of the molecule is Cl.Clc1ccc(SCc2ccccn2)cc1. The Bertz CT molecular complexity index is 417. The Kier molecular flexibility index (Phi) is 5.67. The maximum absolute atomic E-state index is 5.81. The summed E-state index contributed by atoms with van der Waals surface area (Å²) in [6.07, 6.45) is 1.82. The van der Waals surface area contributed by atoms with Gasteiger partial charge in [-0.15, -0.1) is 24.2 Å². The molecule has 0 saturated carbocycles. The third kappa shape index (κ3) is 4.05. The second-order valence-corrected chi connectivity index (χ2v) is 4.55. The summed E-state index contributed by atoms with van der Waals surface area (Å²) in [6, 6.07) is 13.8. The van der Waals surface area contributed by atoms with Gasteiger partial charge in [-0.2, -0.15) is 0 Å². The molecule has 0 atom stereocenters. The molecular weight excluding hydrogens is 261 g/mol. The zero-order valence-electron chi connectivity index (χ0n) is 8.47. The zero-order valence-corrected chi connectivity index (χ0v) is 10.9. The Morgan fingerprint density at radius 3 is 2.44 bits per heavy atom. The fraction of sp³-hybridized carbons (Fsp3) is 0.0833. The first kappa shape index (κ1) is 13.4. The molecule has 16 heavy (non-hydrogen) atoms. The van der Waals surface area contributed by atoms with Crippen LogP contribution < -0.4 is 0 Å². The average Bonchev–Trinajstić information content (AvgIpc) is 2.30. The highest BCUT2D eigenvalue weighted by molar-refractivity contribution is 7.98. The lowest BCUT2D eigenvalue weighted by atomic mass is 10.4. The number of halogens is 2. The number of hydrogen-bond acceptors (Lipinski definition) is 2. The summed E-state index contributed by atoms with van der Waals surface area (Å²) >= 11 is 7.57. The highest BCUT2D eigenvalue weighted by atomic mass is 35.5. The first-order valence-corrected chi connectivity index (χ1v) is 5.99. The van der Waals surface area contributed by atoms with Crippen LogP contribution in [0.15, 0.2) is 53.6 Å². The fourth-order valence-corrected chi connectivity index (χ4v) is 2.11. The van der Waals surface area contributed by atoms with E-state index in [1.165, 1.54) is 4.90 Å². The summed E-state index contributed by atoms with van der Waals surface area (Å²) in [5.41, 5.74) is 1.09. The number of benzene rings is 1. The summed E-state index contributed by atoms with van der Waals surface area (Å²) in [7, 11) is 0. The van der Waals surface area contributed by atoms with Crippen LogP contribution in [0.4, 0.5) is 0 Å². The maximum atomic E-state index is 5.81. The van der Waals surface area contributed by atoms with Crippen molar-refractivity contribution in [3.8, 4) is 0 Å². The molecule has 0 amide bonds. The smallest absolute Gasteiger partial charge is 0.0506 e. The average molecular weight is 272 g/mol. The topological polar surface area (TPSA) is 12.9 Å². The molecule has 1 heterocycles. The Labute approximate surface area is 111 Å². The molecule has 0 fully saturated rings.